The van der Waals surface area contributed by atoms with E-state index >= 15 is 0 Å². The summed E-state index contributed by atoms with van der Waals surface area (Å²) in [5.74, 6) is -0.598. The van der Waals surface area contributed by atoms with Gasteiger partial charge < -0.3 is 10.5 Å². The number of nitrogen functional groups attached to an aromatic ring is 1. The van der Waals surface area contributed by atoms with Crippen LogP contribution in [0.3, 0.4) is 0 Å². The van der Waals surface area contributed by atoms with Crippen molar-refractivity contribution in [3.05, 3.63) is 46.9 Å². The van der Waals surface area contributed by atoms with Crippen molar-refractivity contribution in [2.24, 2.45) is 0 Å². The molecular formula is C12H7ClFN3O. The Bertz CT molecular complexity index is 640. The lowest BCUT2D eigenvalue weighted by atomic mass is 10.2. The second-order valence-electron chi connectivity index (χ2n) is 3.36. The number of halogens is 2. The highest BCUT2D eigenvalue weighted by molar-refractivity contribution is 6.29. The average molecular weight is 264 g/mol. The topological polar surface area (TPSA) is 71.9 Å². The molecule has 6 heteroatoms. The molecule has 0 unspecified atom stereocenters. The van der Waals surface area contributed by atoms with Crippen LogP contribution >= 0.6 is 11.6 Å². The monoisotopic (exact) mass is 263 g/mol. The van der Waals surface area contributed by atoms with Crippen LogP contribution in [-0.4, -0.2) is 4.98 Å². The minimum atomic E-state index is -0.671. The molecule has 0 aliphatic carbocycles. The van der Waals surface area contributed by atoms with Crippen LogP contribution in [0.1, 0.15) is 5.56 Å². The normalized spacial score (nSPS) is 9.83. The molecule has 0 fully saturated rings. The zero-order chi connectivity index (χ0) is 13.1. The van der Waals surface area contributed by atoms with Gasteiger partial charge in [0.05, 0.1) is 5.69 Å². The standard InChI is InChI=1S/C12H7ClFN3O/c13-11-5-4-9(16)12(17-11)18-10-3-1-2-8(14)7(10)6-15/h1-5H,16H2. The molecule has 90 valence electrons. The molecule has 1 aromatic carbocycles. The molecule has 0 spiro atoms. The number of nitrogens with two attached hydrogens (primary N) is 1. The Hall–Kier alpha value is -2.32. The van der Waals surface area contributed by atoms with Crippen LogP contribution in [-0.2, 0) is 0 Å². The molecule has 0 amide bonds. The summed E-state index contributed by atoms with van der Waals surface area (Å²) in [6.07, 6.45) is 0. The maximum atomic E-state index is 13.4. The van der Waals surface area contributed by atoms with E-state index in [2.05, 4.69) is 4.98 Å². The highest BCUT2D eigenvalue weighted by Crippen LogP contribution is 2.29. The largest absolute Gasteiger partial charge is 0.436 e. The van der Waals surface area contributed by atoms with E-state index in [0.29, 0.717) is 0 Å². The second kappa shape index (κ2) is 4.90. The van der Waals surface area contributed by atoms with Gasteiger partial charge in [-0.2, -0.15) is 10.2 Å². The fraction of sp³-hybridized carbons (Fsp3) is 0. The Morgan fingerprint density at radius 1 is 1.33 bits per heavy atom. The van der Waals surface area contributed by atoms with Gasteiger partial charge in [-0.1, -0.05) is 17.7 Å². The number of ether oxygens (including phenoxy) is 1. The lowest BCUT2D eigenvalue weighted by Gasteiger charge is -2.08. The van der Waals surface area contributed by atoms with Gasteiger partial charge in [-0.25, -0.2) is 4.39 Å². The lowest BCUT2D eigenvalue weighted by molar-refractivity contribution is 0.458. The Kier molecular flexibility index (Phi) is 3.31. The number of nitrogens with zero attached hydrogens (tertiary/aromatic N) is 2. The number of hydrogen-bond acceptors (Lipinski definition) is 4. The highest BCUT2D eigenvalue weighted by Gasteiger charge is 2.12. The summed E-state index contributed by atoms with van der Waals surface area (Å²) >= 11 is 5.70. The van der Waals surface area contributed by atoms with Crippen molar-refractivity contribution < 1.29 is 9.13 Å². The maximum Gasteiger partial charge on any atom is 0.244 e. The number of benzene rings is 1. The first-order valence-corrected chi connectivity index (χ1v) is 5.28. The third kappa shape index (κ3) is 2.34. The predicted molar refractivity (Wildman–Crippen MR) is 64.8 cm³/mol. The molecule has 0 atom stereocenters. The average Bonchev–Trinajstić information content (AvgIpc) is 2.34. The number of nitriles is 1. The fourth-order valence-corrected chi connectivity index (χ4v) is 1.45. The second-order valence-corrected chi connectivity index (χ2v) is 3.74. The molecule has 2 N–H and O–H groups in total. The summed E-state index contributed by atoms with van der Waals surface area (Å²) in [6.45, 7) is 0. The molecule has 18 heavy (non-hydrogen) atoms. The first-order valence-electron chi connectivity index (χ1n) is 4.90. The van der Waals surface area contributed by atoms with E-state index in [4.69, 9.17) is 27.3 Å². The van der Waals surface area contributed by atoms with Gasteiger partial charge in [0.1, 0.15) is 28.4 Å². The number of anilines is 1. The molecule has 0 saturated carbocycles. The molecule has 1 heterocycles. The van der Waals surface area contributed by atoms with Crippen LogP contribution in [0.5, 0.6) is 11.6 Å². The van der Waals surface area contributed by atoms with Gasteiger partial charge in [-0.3, -0.25) is 0 Å². The van der Waals surface area contributed by atoms with Gasteiger partial charge in [0.15, 0.2) is 0 Å². The van der Waals surface area contributed by atoms with Crippen LogP contribution in [0.2, 0.25) is 5.15 Å². The first-order chi connectivity index (χ1) is 8.61. The van der Waals surface area contributed by atoms with E-state index in [1.54, 1.807) is 6.07 Å². The Morgan fingerprint density at radius 2 is 2.11 bits per heavy atom. The Labute approximate surface area is 107 Å². The van der Waals surface area contributed by atoms with Gasteiger partial charge in [-0.15, -0.1) is 0 Å². The molecule has 0 radical (unpaired) electrons. The zero-order valence-electron chi connectivity index (χ0n) is 9.02. The van der Waals surface area contributed by atoms with Crippen molar-refractivity contribution in [2.45, 2.75) is 0 Å². The zero-order valence-corrected chi connectivity index (χ0v) is 9.78. The fourth-order valence-electron chi connectivity index (χ4n) is 1.31. The van der Waals surface area contributed by atoms with Crippen molar-refractivity contribution in [1.82, 2.24) is 4.98 Å². The quantitative estimate of drug-likeness (QED) is 0.845. The molecule has 0 saturated heterocycles. The smallest absolute Gasteiger partial charge is 0.244 e. The summed E-state index contributed by atoms with van der Waals surface area (Å²) in [6, 6.07) is 8.76. The van der Waals surface area contributed by atoms with Crippen LogP contribution in [0, 0.1) is 17.1 Å². The lowest BCUT2D eigenvalue weighted by Crippen LogP contribution is -1.97. The van der Waals surface area contributed by atoms with Gasteiger partial charge in [-0.05, 0) is 24.3 Å². The van der Waals surface area contributed by atoms with E-state index < -0.39 is 5.82 Å². The van der Waals surface area contributed by atoms with E-state index in [-0.39, 0.29) is 28.0 Å². The number of rotatable bonds is 2. The molecular weight excluding hydrogens is 257 g/mol. The van der Waals surface area contributed by atoms with Crippen LogP contribution < -0.4 is 10.5 Å². The molecule has 0 aliphatic rings. The Morgan fingerprint density at radius 3 is 2.83 bits per heavy atom. The van der Waals surface area contributed by atoms with E-state index in [0.717, 1.165) is 0 Å². The number of aromatic nitrogens is 1. The highest BCUT2D eigenvalue weighted by atomic mass is 35.5. The summed E-state index contributed by atoms with van der Waals surface area (Å²) in [5.41, 5.74) is 5.68. The van der Waals surface area contributed by atoms with Gasteiger partial charge in [0.2, 0.25) is 5.88 Å². The van der Waals surface area contributed by atoms with Crippen LogP contribution in [0.15, 0.2) is 30.3 Å². The molecule has 4 nitrogen and oxygen atoms in total. The van der Waals surface area contributed by atoms with E-state index in [1.165, 1.54) is 30.3 Å². The molecule has 1 aromatic heterocycles. The van der Waals surface area contributed by atoms with Gasteiger partial charge in [0.25, 0.3) is 0 Å². The number of hydrogen-bond donors (Lipinski definition) is 1. The van der Waals surface area contributed by atoms with Gasteiger partial charge in [0, 0.05) is 0 Å². The van der Waals surface area contributed by atoms with Crippen LogP contribution in [0.4, 0.5) is 10.1 Å². The van der Waals surface area contributed by atoms with Crippen molar-refractivity contribution in [1.29, 1.82) is 5.26 Å². The molecule has 0 aliphatic heterocycles. The first kappa shape index (κ1) is 12.1. The SMILES string of the molecule is N#Cc1c(F)cccc1Oc1nc(Cl)ccc1N. The van der Waals surface area contributed by atoms with Crippen molar-refractivity contribution in [3.63, 3.8) is 0 Å². The molecule has 2 rings (SSSR count). The van der Waals surface area contributed by atoms with E-state index in [1.807, 2.05) is 0 Å². The summed E-state index contributed by atoms with van der Waals surface area (Å²) < 4.78 is 18.7. The van der Waals surface area contributed by atoms with Crippen LogP contribution in [0.25, 0.3) is 0 Å². The minimum Gasteiger partial charge on any atom is -0.436 e. The Balaban J connectivity index is 2.44. The number of pyridine rings is 1. The van der Waals surface area contributed by atoms with Crippen molar-refractivity contribution in [3.8, 4) is 17.7 Å². The van der Waals surface area contributed by atoms with Crippen molar-refractivity contribution in [2.75, 3.05) is 5.73 Å². The van der Waals surface area contributed by atoms with Crippen molar-refractivity contribution >= 4 is 17.3 Å². The molecule has 2 aromatic rings. The predicted octanol–water partition coefficient (Wildman–Crippen LogP) is 3.12. The maximum absolute atomic E-state index is 13.4. The summed E-state index contributed by atoms with van der Waals surface area (Å²) in [4.78, 5) is 3.86. The molecule has 0 bridgehead atoms. The minimum absolute atomic E-state index is 0.0320. The summed E-state index contributed by atoms with van der Waals surface area (Å²) in [5, 5.41) is 9.04. The summed E-state index contributed by atoms with van der Waals surface area (Å²) in [7, 11) is 0. The van der Waals surface area contributed by atoms with Gasteiger partial charge >= 0.3 is 0 Å². The third-order valence-electron chi connectivity index (χ3n) is 2.15. The van der Waals surface area contributed by atoms with E-state index in [9.17, 15) is 4.39 Å². The third-order valence-corrected chi connectivity index (χ3v) is 2.36.